The van der Waals surface area contributed by atoms with E-state index >= 15 is 0 Å². The van der Waals surface area contributed by atoms with Crippen molar-refractivity contribution in [1.29, 1.82) is 0 Å². The molecule has 1 amide bonds. The largest absolute Gasteiger partial charge is 0.480 e. The highest BCUT2D eigenvalue weighted by molar-refractivity contribution is 7.92. The van der Waals surface area contributed by atoms with E-state index in [9.17, 15) is 18.0 Å². The highest BCUT2D eigenvalue weighted by Gasteiger charge is 2.09. The smallest absolute Gasteiger partial charge is 0.322 e. The van der Waals surface area contributed by atoms with Gasteiger partial charge >= 0.3 is 5.97 Å². The maximum atomic E-state index is 12.1. The van der Waals surface area contributed by atoms with Gasteiger partial charge in [-0.1, -0.05) is 56.0 Å². The third-order valence-corrected chi connectivity index (χ3v) is 6.59. The number of sulfonamides is 1. The van der Waals surface area contributed by atoms with Gasteiger partial charge in [0.25, 0.3) is 5.91 Å². The van der Waals surface area contributed by atoms with Crippen LogP contribution < -0.4 is 15.4 Å². The van der Waals surface area contributed by atoms with Crippen molar-refractivity contribution in [3.63, 3.8) is 0 Å². The SMILES string of the molecule is O=C(O)CNC(=O)c1ccc(NCC=CCCCCCCCCS(=O)(=O)Nc2ccccc2)cc1. The number of aliphatic carboxylic acids is 1. The number of hydrogen-bond acceptors (Lipinski definition) is 5. The number of carboxylic acid groups (broad SMARTS) is 1. The van der Waals surface area contributed by atoms with Gasteiger partial charge in [-0.3, -0.25) is 14.3 Å². The van der Waals surface area contributed by atoms with Crippen molar-refractivity contribution in [2.75, 3.05) is 28.9 Å². The van der Waals surface area contributed by atoms with Gasteiger partial charge in [0.05, 0.1) is 5.75 Å². The lowest BCUT2D eigenvalue weighted by atomic mass is 10.1. The summed E-state index contributed by atoms with van der Waals surface area (Å²) in [6.07, 6.45) is 11.2. The molecule has 0 aliphatic carbocycles. The molecule has 9 heteroatoms. The van der Waals surface area contributed by atoms with Crippen molar-refractivity contribution in [2.24, 2.45) is 0 Å². The number of allylic oxidation sites excluding steroid dienone is 1. The molecule has 0 atom stereocenters. The van der Waals surface area contributed by atoms with Gasteiger partial charge in [-0.25, -0.2) is 8.42 Å². The summed E-state index contributed by atoms with van der Waals surface area (Å²) in [6, 6.07) is 15.8. The molecule has 2 rings (SSSR count). The Bertz CT molecular complexity index is 1040. The molecule has 0 saturated carbocycles. The van der Waals surface area contributed by atoms with Crippen LogP contribution in [-0.4, -0.2) is 44.2 Å². The van der Waals surface area contributed by atoms with Crippen LogP contribution in [0.3, 0.4) is 0 Å². The molecule has 0 fully saturated rings. The molecule has 35 heavy (non-hydrogen) atoms. The van der Waals surface area contributed by atoms with Crippen molar-refractivity contribution in [1.82, 2.24) is 5.32 Å². The first-order valence-electron chi connectivity index (χ1n) is 11.9. The molecule has 0 aliphatic heterocycles. The molecule has 0 unspecified atom stereocenters. The molecule has 190 valence electrons. The predicted molar refractivity (Wildman–Crippen MR) is 140 cm³/mol. The number of rotatable bonds is 17. The average molecular weight is 502 g/mol. The van der Waals surface area contributed by atoms with E-state index in [1.807, 2.05) is 6.07 Å². The molecule has 2 aromatic carbocycles. The molecule has 2 aromatic rings. The van der Waals surface area contributed by atoms with Crippen LogP contribution in [0.25, 0.3) is 0 Å². The zero-order chi connectivity index (χ0) is 25.4. The average Bonchev–Trinajstić information content (AvgIpc) is 2.84. The van der Waals surface area contributed by atoms with Crippen molar-refractivity contribution < 1.29 is 23.1 Å². The summed E-state index contributed by atoms with van der Waals surface area (Å²) in [5.41, 5.74) is 1.90. The maximum Gasteiger partial charge on any atom is 0.322 e. The highest BCUT2D eigenvalue weighted by atomic mass is 32.2. The van der Waals surface area contributed by atoms with E-state index in [1.54, 1.807) is 48.5 Å². The van der Waals surface area contributed by atoms with E-state index in [0.29, 0.717) is 24.2 Å². The third kappa shape index (κ3) is 12.6. The van der Waals surface area contributed by atoms with Gasteiger partial charge in [-0.05, 0) is 55.7 Å². The molecule has 0 saturated heterocycles. The Labute approximate surface area is 207 Å². The van der Waals surface area contributed by atoms with Crippen LogP contribution in [0.1, 0.15) is 55.3 Å². The van der Waals surface area contributed by atoms with Gasteiger partial charge in [0, 0.05) is 23.5 Å². The number of para-hydroxylation sites is 1. The normalized spacial score (nSPS) is 11.3. The first-order valence-corrected chi connectivity index (χ1v) is 13.6. The van der Waals surface area contributed by atoms with E-state index in [-0.39, 0.29) is 5.75 Å². The Balaban J connectivity index is 1.47. The lowest BCUT2D eigenvalue weighted by molar-refractivity contribution is -0.135. The molecule has 0 spiro atoms. The topological polar surface area (TPSA) is 125 Å². The summed E-state index contributed by atoms with van der Waals surface area (Å²) >= 11 is 0. The van der Waals surface area contributed by atoms with Crippen molar-refractivity contribution in [2.45, 2.75) is 44.9 Å². The number of anilines is 2. The molecular formula is C26H35N3O5S. The van der Waals surface area contributed by atoms with Gasteiger partial charge < -0.3 is 15.7 Å². The van der Waals surface area contributed by atoms with E-state index < -0.39 is 28.4 Å². The molecule has 0 heterocycles. The number of benzene rings is 2. The number of carbonyl (C=O) groups excluding carboxylic acids is 1. The van der Waals surface area contributed by atoms with E-state index in [4.69, 9.17) is 5.11 Å². The summed E-state index contributed by atoms with van der Waals surface area (Å²) in [4.78, 5) is 22.3. The predicted octanol–water partition coefficient (Wildman–Crippen LogP) is 4.64. The minimum atomic E-state index is -3.28. The number of carbonyl (C=O) groups is 2. The first kappa shape index (κ1) is 27.9. The van der Waals surface area contributed by atoms with E-state index in [1.165, 1.54) is 0 Å². The second-order valence-corrected chi connectivity index (χ2v) is 10.0. The molecular weight excluding hydrogens is 466 g/mol. The Kier molecular flexibility index (Phi) is 12.4. The molecule has 0 aliphatic rings. The zero-order valence-electron chi connectivity index (χ0n) is 19.9. The fourth-order valence-corrected chi connectivity index (χ4v) is 4.55. The number of carboxylic acids is 1. The Morgan fingerprint density at radius 1 is 0.800 bits per heavy atom. The number of unbranched alkanes of at least 4 members (excludes halogenated alkanes) is 6. The van der Waals surface area contributed by atoms with Crippen LogP contribution in [0.5, 0.6) is 0 Å². The Morgan fingerprint density at radius 2 is 1.46 bits per heavy atom. The standard InChI is InChI=1S/C26H35N3O5S/c30-25(31)21-28-26(32)22-15-17-23(18-16-22)27-19-11-6-4-2-1-3-5-7-12-20-35(33,34)29-24-13-9-8-10-14-24/h6,8-11,13-18,27,29H,1-5,7,12,19-21H2,(H,28,32)(H,30,31). The van der Waals surface area contributed by atoms with Gasteiger partial charge in [0.15, 0.2) is 0 Å². The molecule has 0 aromatic heterocycles. The van der Waals surface area contributed by atoms with Crippen LogP contribution in [0.2, 0.25) is 0 Å². The van der Waals surface area contributed by atoms with Crippen molar-refractivity contribution in [3.8, 4) is 0 Å². The van der Waals surface area contributed by atoms with Gasteiger partial charge in [0.2, 0.25) is 10.0 Å². The van der Waals surface area contributed by atoms with Crippen molar-refractivity contribution >= 4 is 33.3 Å². The molecule has 0 radical (unpaired) electrons. The second-order valence-electron chi connectivity index (χ2n) is 8.20. The fraction of sp³-hybridized carbons (Fsp3) is 0.385. The first-order chi connectivity index (χ1) is 16.9. The van der Waals surface area contributed by atoms with Crippen LogP contribution >= 0.6 is 0 Å². The third-order valence-electron chi connectivity index (χ3n) is 5.22. The summed E-state index contributed by atoms with van der Waals surface area (Å²) in [7, 11) is -3.28. The van der Waals surface area contributed by atoms with Crippen LogP contribution in [0, 0.1) is 0 Å². The number of hydrogen-bond donors (Lipinski definition) is 4. The molecule has 0 bridgehead atoms. The number of nitrogens with one attached hydrogen (secondary N) is 3. The monoisotopic (exact) mass is 501 g/mol. The maximum absolute atomic E-state index is 12.1. The Morgan fingerprint density at radius 3 is 2.14 bits per heavy atom. The summed E-state index contributed by atoms with van der Waals surface area (Å²) in [5.74, 6) is -1.34. The number of amides is 1. The van der Waals surface area contributed by atoms with Gasteiger partial charge in [0.1, 0.15) is 6.54 Å². The highest BCUT2D eigenvalue weighted by Crippen LogP contribution is 2.12. The van der Waals surface area contributed by atoms with Crippen LogP contribution in [0.4, 0.5) is 11.4 Å². The zero-order valence-corrected chi connectivity index (χ0v) is 20.7. The summed E-state index contributed by atoms with van der Waals surface area (Å²) in [6.45, 7) is 0.275. The second kappa shape index (κ2) is 15.5. The van der Waals surface area contributed by atoms with E-state index in [0.717, 1.165) is 44.2 Å². The molecule has 8 nitrogen and oxygen atoms in total. The van der Waals surface area contributed by atoms with Crippen molar-refractivity contribution in [3.05, 3.63) is 72.3 Å². The lowest BCUT2D eigenvalue weighted by Crippen LogP contribution is -2.29. The lowest BCUT2D eigenvalue weighted by Gasteiger charge is -2.07. The van der Waals surface area contributed by atoms with Gasteiger partial charge in [-0.15, -0.1) is 0 Å². The van der Waals surface area contributed by atoms with E-state index in [2.05, 4.69) is 27.5 Å². The Hall–Kier alpha value is -3.33. The summed E-state index contributed by atoms with van der Waals surface area (Å²) in [5, 5.41) is 14.2. The van der Waals surface area contributed by atoms with Crippen LogP contribution in [-0.2, 0) is 14.8 Å². The minimum Gasteiger partial charge on any atom is -0.480 e. The molecule has 4 N–H and O–H groups in total. The summed E-state index contributed by atoms with van der Waals surface area (Å²) < 4.78 is 26.8. The quantitative estimate of drug-likeness (QED) is 0.185. The van der Waals surface area contributed by atoms with Gasteiger partial charge in [-0.2, -0.15) is 0 Å². The fourth-order valence-electron chi connectivity index (χ4n) is 3.37. The van der Waals surface area contributed by atoms with Crippen LogP contribution in [0.15, 0.2) is 66.7 Å². The minimum absolute atomic E-state index is 0.151.